The Hall–Kier alpha value is -1.58. The van der Waals surface area contributed by atoms with Gasteiger partial charge in [0.1, 0.15) is 6.54 Å². The molecule has 0 amide bonds. The summed E-state index contributed by atoms with van der Waals surface area (Å²) in [5, 5.41) is 7.80. The van der Waals surface area contributed by atoms with E-state index in [1.165, 1.54) is 16.8 Å². The van der Waals surface area contributed by atoms with Gasteiger partial charge in [0, 0.05) is 18.8 Å². The minimum atomic E-state index is 0.614. The summed E-state index contributed by atoms with van der Waals surface area (Å²) in [6.07, 6.45) is 2.12. The molecule has 0 aliphatic rings. The molecule has 0 atom stereocenters. The SMILES string of the molecule is Cc1nnc(Cn2cc(C)c(C)c2C)o1. The zero-order valence-corrected chi connectivity index (χ0v) is 9.53. The molecule has 0 aliphatic heterocycles. The summed E-state index contributed by atoms with van der Waals surface area (Å²) >= 11 is 0. The van der Waals surface area contributed by atoms with Crippen molar-refractivity contribution in [2.24, 2.45) is 0 Å². The quantitative estimate of drug-likeness (QED) is 0.754. The molecule has 0 fully saturated rings. The highest BCUT2D eigenvalue weighted by atomic mass is 16.4. The molecular formula is C11H15N3O. The Morgan fingerprint density at radius 1 is 1.20 bits per heavy atom. The molecular weight excluding hydrogens is 190 g/mol. The van der Waals surface area contributed by atoms with E-state index >= 15 is 0 Å². The first-order valence-corrected chi connectivity index (χ1v) is 5.00. The van der Waals surface area contributed by atoms with E-state index in [1.54, 1.807) is 6.92 Å². The van der Waals surface area contributed by atoms with Crippen LogP contribution in [0.15, 0.2) is 10.6 Å². The zero-order chi connectivity index (χ0) is 11.0. The molecule has 0 saturated heterocycles. The second-order valence-electron chi connectivity index (χ2n) is 3.87. The van der Waals surface area contributed by atoms with E-state index in [0.717, 1.165) is 0 Å². The smallest absolute Gasteiger partial charge is 0.236 e. The fourth-order valence-corrected chi connectivity index (χ4v) is 1.64. The molecule has 0 spiro atoms. The van der Waals surface area contributed by atoms with E-state index in [-0.39, 0.29) is 0 Å². The topological polar surface area (TPSA) is 43.9 Å². The van der Waals surface area contributed by atoms with Gasteiger partial charge in [0.25, 0.3) is 0 Å². The second kappa shape index (κ2) is 3.53. The minimum absolute atomic E-state index is 0.614. The van der Waals surface area contributed by atoms with Gasteiger partial charge in [0.05, 0.1) is 0 Å². The first-order chi connectivity index (χ1) is 7.08. The van der Waals surface area contributed by atoms with Crippen molar-refractivity contribution in [3.05, 3.63) is 34.8 Å². The third-order valence-corrected chi connectivity index (χ3v) is 2.79. The maximum atomic E-state index is 5.35. The molecule has 0 unspecified atom stereocenters. The molecule has 2 heterocycles. The summed E-state index contributed by atoms with van der Waals surface area (Å²) in [6.45, 7) is 8.79. The van der Waals surface area contributed by atoms with Crippen molar-refractivity contribution in [1.29, 1.82) is 0 Å². The molecule has 0 aliphatic carbocycles. The average molecular weight is 205 g/mol. The fraction of sp³-hybridized carbons (Fsp3) is 0.455. The molecule has 0 bridgehead atoms. The van der Waals surface area contributed by atoms with Crippen LogP contribution in [-0.2, 0) is 6.54 Å². The summed E-state index contributed by atoms with van der Waals surface area (Å²) in [6, 6.07) is 0. The van der Waals surface area contributed by atoms with Crippen LogP contribution in [0, 0.1) is 27.7 Å². The Morgan fingerprint density at radius 2 is 1.93 bits per heavy atom. The highest BCUT2D eigenvalue weighted by Crippen LogP contribution is 2.15. The molecule has 80 valence electrons. The van der Waals surface area contributed by atoms with Crippen LogP contribution >= 0.6 is 0 Å². The summed E-state index contributed by atoms with van der Waals surface area (Å²) in [5.41, 5.74) is 3.87. The molecule has 2 aromatic heterocycles. The third kappa shape index (κ3) is 1.79. The van der Waals surface area contributed by atoms with Crippen LogP contribution in [0.2, 0.25) is 0 Å². The van der Waals surface area contributed by atoms with Gasteiger partial charge in [-0.15, -0.1) is 10.2 Å². The molecule has 4 heteroatoms. The Bertz CT molecular complexity index is 482. The van der Waals surface area contributed by atoms with Gasteiger partial charge < -0.3 is 8.98 Å². The van der Waals surface area contributed by atoms with Gasteiger partial charge in [-0.3, -0.25) is 0 Å². The van der Waals surface area contributed by atoms with Crippen LogP contribution in [0.25, 0.3) is 0 Å². The number of nitrogens with zero attached hydrogens (tertiary/aromatic N) is 3. The Morgan fingerprint density at radius 3 is 2.40 bits per heavy atom. The maximum Gasteiger partial charge on any atom is 0.236 e. The predicted octanol–water partition coefficient (Wildman–Crippen LogP) is 2.15. The minimum Gasteiger partial charge on any atom is -0.424 e. The second-order valence-corrected chi connectivity index (χ2v) is 3.87. The number of aryl methyl sites for hydroxylation is 2. The van der Waals surface area contributed by atoms with Crippen LogP contribution < -0.4 is 0 Å². The van der Waals surface area contributed by atoms with E-state index in [1.807, 2.05) is 0 Å². The van der Waals surface area contributed by atoms with Crippen molar-refractivity contribution >= 4 is 0 Å². The van der Waals surface area contributed by atoms with E-state index in [0.29, 0.717) is 18.3 Å². The number of rotatable bonds is 2. The lowest BCUT2D eigenvalue weighted by molar-refractivity contribution is 0.453. The summed E-state index contributed by atoms with van der Waals surface area (Å²) in [7, 11) is 0. The Balaban J connectivity index is 2.28. The van der Waals surface area contributed by atoms with Crippen LogP contribution in [0.3, 0.4) is 0 Å². The average Bonchev–Trinajstić information content (AvgIpc) is 2.68. The number of aromatic nitrogens is 3. The molecule has 0 N–H and O–H groups in total. The lowest BCUT2D eigenvalue weighted by Crippen LogP contribution is -2.00. The lowest BCUT2D eigenvalue weighted by atomic mass is 10.2. The first-order valence-electron chi connectivity index (χ1n) is 5.00. The first kappa shape index (κ1) is 9.96. The summed E-state index contributed by atoms with van der Waals surface area (Å²) in [4.78, 5) is 0. The number of hydrogen-bond donors (Lipinski definition) is 0. The predicted molar refractivity (Wildman–Crippen MR) is 56.8 cm³/mol. The van der Waals surface area contributed by atoms with Crippen molar-refractivity contribution in [3.8, 4) is 0 Å². The molecule has 0 radical (unpaired) electrons. The van der Waals surface area contributed by atoms with Gasteiger partial charge in [-0.2, -0.15) is 0 Å². The molecule has 0 aromatic carbocycles. The lowest BCUT2D eigenvalue weighted by Gasteiger charge is -2.01. The van der Waals surface area contributed by atoms with Crippen LogP contribution in [0.4, 0.5) is 0 Å². The van der Waals surface area contributed by atoms with Gasteiger partial charge in [0.2, 0.25) is 11.8 Å². The van der Waals surface area contributed by atoms with Crippen molar-refractivity contribution < 1.29 is 4.42 Å². The molecule has 15 heavy (non-hydrogen) atoms. The maximum absolute atomic E-state index is 5.35. The van der Waals surface area contributed by atoms with E-state index in [2.05, 4.69) is 41.7 Å². The van der Waals surface area contributed by atoms with Crippen LogP contribution in [0.1, 0.15) is 28.6 Å². The largest absolute Gasteiger partial charge is 0.424 e. The van der Waals surface area contributed by atoms with Gasteiger partial charge in [0.15, 0.2) is 0 Å². The molecule has 4 nitrogen and oxygen atoms in total. The summed E-state index contributed by atoms with van der Waals surface area (Å²) < 4.78 is 7.49. The highest BCUT2D eigenvalue weighted by Gasteiger charge is 2.08. The summed E-state index contributed by atoms with van der Waals surface area (Å²) in [5.74, 6) is 1.27. The molecule has 0 saturated carbocycles. The monoisotopic (exact) mass is 205 g/mol. The zero-order valence-electron chi connectivity index (χ0n) is 9.53. The van der Waals surface area contributed by atoms with Gasteiger partial charge in [-0.1, -0.05) is 0 Å². The normalized spacial score (nSPS) is 10.9. The van der Waals surface area contributed by atoms with Crippen molar-refractivity contribution in [2.75, 3.05) is 0 Å². The Labute approximate surface area is 88.9 Å². The third-order valence-electron chi connectivity index (χ3n) is 2.79. The van der Waals surface area contributed by atoms with E-state index in [4.69, 9.17) is 4.42 Å². The van der Waals surface area contributed by atoms with Crippen molar-refractivity contribution in [3.63, 3.8) is 0 Å². The number of hydrogen-bond acceptors (Lipinski definition) is 3. The van der Waals surface area contributed by atoms with E-state index < -0.39 is 0 Å². The molecule has 2 aromatic rings. The van der Waals surface area contributed by atoms with E-state index in [9.17, 15) is 0 Å². The fourth-order valence-electron chi connectivity index (χ4n) is 1.64. The van der Waals surface area contributed by atoms with Crippen LogP contribution in [0.5, 0.6) is 0 Å². The standard InChI is InChI=1S/C11H15N3O/c1-7-5-14(9(3)8(7)2)6-11-13-12-10(4)15-11/h5H,6H2,1-4H3. The van der Waals surface area contributed by atoms with Gasteiger partial charge >= 0.3 is 0 Å². The van der Waals surface area contributed by atoms with Gasteiger partial charge in [-0.25, -0.2) is 0 Å². The van der Waals surface area contributed by atoms with Gasteiger partial charge in [-0.05, 0) is 31.9 Å². The molecule has 2 rings (SSSR count). The highest BCUT2D eigenvalue weighted by molar-refractivity contribution is 5.29. The van der Waals surface area contributed by atoms with Crippen molar-refractivity contribution in [2.45, 2.75) is 34.2 Å². The van der Waals surface area contributed by atoms with Crippen LogP contribution in [-0.4, -0.2) is 14.8 Å². The Kier molecular flexibility index (Phi) is 2.34. The van der Waals surface area contributed by atoms with Crippen molar-refractivity contribution in [1.82, 2.24) is 14.8 Å².